The molecule has 2 fully saturated rings. The second kappa shape index (κ2) is 7.73. The van der Waals surface area contributed by atoms with E-state index in [-0.39, 0.29) is 30.6 Å². The third kappa shape index (κ3) is 4.41. The first-order valence-electron chi connectivity index (χ1n) is 8.98. The topological polar surface area (TPSA) is 54.9 Å². The summed E-state index contributed by atoms with van der Waals surface area (Å²) in [4.78, 5) is 20.2. The molecule has 2 heterocycles. The highest BCUT2D eigenvalue weighted by Gasteiger charge is 2.45. The molecule has 1 aliphatic carbocycles. The maximum Gasteiger partial charge on any atom is 0.282 e. The van der Waals surface area contributed by atoms with Gasteiger partial charge >= 0.3 is 0 Å². The van der Waals surface area contributed by atoms with Gasteiger partial charge in [0.05, 0.1) is 26.3 Å². The summed E-state index contributed by atoms with van der Waals surface area (Å²) in [5, 5.41) is 0. The zero-order valence-electron chi connectivity index (χ0n) is 15.2. The fourth-order valence-corrected chi connectivity index (χ4v) is 2.83. The number of halogens is 2. The van der Waals surface area contributed by atoms with Crippen molar-refractivity contribution in [2.75, 3.05) is 51.4 Å². The van der Waals surface area contributed by atoms with Gasteiger partial charge in [-0.15, -0.1) is 0 Å². The van der Waals surface area contributed by atoms with E-state index in [0.29, 0.717) is 37.9 Å². The number of methoxy groups -OCH3 is 1. The molecule has 0 unspecified atom stereocenters. The third-order valence-corrected chi connectivity index (χ3v) is 4.63. The van der Waals surface area contributed by atoms with Gasteiger partial charge in [0.2, 0.25) is 5.88 Å². The Morgan fingerprint density at radius 1 is 1.38 bits per heavy atom. The number of amides is 1. The summed E-state index contributed by atoms with van der Waals surface area (Å²) in [7, 11) is 1.58. The molecule has 0 aromatic carbocycles. The average Bonchev–Trinajstić information content (AvgIpc) is 3.42. The van der Waals surface area contributed by atoms with Crippen LogP contribution < -0.4 is 9.64 Å². The summed E-state index contributed by atoms with van der Waals surface area (Å²) in [6, 6.07) is 3.23. The van der Waals surface area contributed by atoms with Crippen LogP contribution >= 0.6 is 0 Å². The van der Waals surface area contributed by atoms with Crippen LogP contribution in [0.15, 0.2) is 12.1 Å². The van der Waals surface area contributed by atoms with Gasteiger partial charge in [-0.25, -0.2) is 13.8 Å². The van der Waals surface area contributed by atoms with Crippen molar-refractivity contribution in [2.24, 2.45) is 5.92 Å². The molecule has 144 valence electrons. The molecule has 0 atom stereocenters. The number of carbonyl (C=O) groups excluding carboxylic acids is 1. The van der Waals surface area contributed by atoms with E-state index < -0.39 is 5.92 Å². The molecule has 1 saturated heterocycles. The van der Waals surface area contributed by atoms with Crippen LogP contribution in [0.25, 0.3) is 0 Å². The van der Waals surface area contributed by atoms with E-state index in [1.165, 1.54) is 4.90 Å². The molecule has 1 aliphatic heterocycles. The van der Waals surface area contributed by atoms with Gasteiger partial charge in [-0.3, -0.25) is 4.79 Å². The Bertz CT molecular complexity index is 645. The number of hydrogen-bond donors (Lipinski definition) is 0. The minimum Gasteiger partial charge on any atom is -0.476 e. The molecule has 0 bridgehead atoms. The number of aromatic nitrogens is 1. The number of carbonyl (C=O) groups is 1. The van der Waals surface area contributed by atoms with Crippen molar-refractivity contribution in [3.63, 3.8) is 0 Å². The van der Waals surface area contributed by atoms with Gasteiger partial charge in [0.15, 0.2) is 0 Å². The lowest BCUT2D eigenvalue weighted by atomic mass is 10.1. The van der Waals surface area contributed by atoms with Gasteiger partial charge in [0.25, 0.3) is 11.8 Å². The first-order chi connectivity index (χ1) is 12.4. The first-order valence-corrected chi connectivity index (χ1v) is 8.98. The molecule has 1 saturated carbocycles. The van der Waals surface area contributed by atoms with E-state index in [1.54, 1.807) is 24.1 Å². The Balaban J connectivity index is 1.77. The van der Waals surface area contributed by atoms with E-state index in [1.807, 2.05) is 6.92 Å². The summed E-state index contributed by atoms with van der Waals surface area (Å²) in [6.07, 6.45) is 2.22. The summed E-state index contributed by atoms with van der Waals surface area (Å²) in [5.74, 6) is -2.14. The number of hydrogen-bond acceptors (Lipinski definition) is 5. The molecule has 8 heteroatoms. The molecule has 6 nitrogen and oxygen atoms in total. The normalized spacial score (nSPS) is 18.4. The first kappa shape index (κ1) is 18.8. The molecule has 2 aliphatic rings. The monoisotopic (exact) mass is 369 g/mol. The predicted octanol–water partition coefficient (Wildman–Crippen LogP) is 2.43. The lowest BCUT2D eigenvalue weighted by molar-refractivity contribution is -0.0265. The Labute approximate surface area is 152 Å². The fraction of sp³-hybridized carbons (Fsp3) is 0.667. The van der Waals surface area contributed by atoms with Gasteiger partial charge < -0.3 is 19.3 Å². The van der Waals surface area contributed by atoms with Crippen molar-refractivity contribution in [1.82, 2.24) is 9.88 Å². The number of pyridine rings is 1. The predicted molar refractivity (Wildman–Crippen MR) is 93.1 cm³/mol. The van der Waals surface area contributed by atoms with Crippen molar-refractivity contribution >= 4 is 11.6 Å². The summed E-state index contributed by atoms with van der Waals surface area (Å²) < 4.78 is 37.3. The number of anilines is 1. The van der Waals surface area contributed by atoms with Crippen LogP contribution in [0.1, 0.15) is 30.3 Å². The Hall–Kier alpha value is -1.96. The summed E-state index contributed by atoms with van der Waals surface area (Å²) in [5.41, 5.74) is 0.776. The van der Waals surface area contributed by atoms with Gasteiger partial charge in [0, 0.05) is 20.2 Å². The molecular formula is C18H25F2N3O3. The zero-order chi connectivity index (χ0) is 18.7. The lowest BCUT2D eigenvalue weighted by Gasteiger charge is -2.40. The summed E-state index contributed by atoms with van der Waals surface area (Å²) >= 11 is 0. The van der Waals surface area contributed by atoms with Gasteiger partial charge in [-0.05, 0) is 37.8 Å². The van der Waals surface area contributed by atoms with Crippen LogP contribution in [-0.4, -0.2) is 68.2 Å². The van der Waals surface area contributed by atoms with Crippen molar-refractivity contribution in [2.45, 2.75) is 25.7 Å². The molecular weight excluding hydrogens is 344 g/mol. The Kier molecular flexibility index (Phi) is 5.60. The maximum atomic E-state index is 13.2. The third-order valence-electron chi connectivity index (χ3n) is 4.63. The van der Waals surface area contributed by atoms with Crippen molar-refractivity contribution in [1.29, 1.82) is 0 Å². The molecule has 0 spiro atoms. The average molecular weight is 369 g/mol. The molecule has 26 heavy (non-hydrogen) atoms. The van der Waals surface area contributed by atoms with Crippen LogP contribution in [-0.2, 0) is 4.74 Å². The molecule has 1 aromatic heterocycles. The molecule has 1 aromatic rings. The van der Waals surface area contributed by atoms with Gasteiger partial charge in [-0.2, -0.15) is 0 Å². The van der Waals surface area contributed by atoms with E-state index in [0.717, 1.165) is 12.8 Å². The number of nitrogens with zero attached hydrogens (tertiary/aromatic N) is 3. The number of ether oxygens (including phenoxy) is 2. The highest BCUT2D eigenvalue weighted by molar-refractivity contribution is 5.93. The number of likely N-dealkylation sites (N-methyl/N-ethyl adjacent to an activating group) is 1. The molecule has 1 amide bonds. The Morgan fingerprint density at radius 2 is 2.12 bits per heavy atom. The highest BCUT2D eigenvalue weighted by atomic mass is 19.3. The van der Waals surface area contributed by atoms with Crippen LogP contribution in [0.3, 0.4) is 0 Å². The highest BCUT2D eigenvalue weighted by Crippen LogP contribution is 2.38. The maximum absolute atomic E-state index is 13.2. The Morgan fingerprint density at radius 3 is 2.69 bits per heavy atom. The largest absolute Gasteiger partial charge is 0.476 e. The van der Waals surface area contributed by atoms with Crippen molar-refractivity contribution < 1.29 is 23.0 Å². The van der Waals surface area contributed by atoms with Crippen LogP contribution in [0, 0.1) is 5.92 Å². The van der Waals surface area contributed by atoms with E-state index in [4.69, 9.17) is 9.47 Å². The van der Waals surface area contributed by atoms with Crippen molar-refractivity contribution in [3.05, 3.63) is 17.8 Å². The molecule has 0 radical (unpaired) electrons. The van der Waals surface area contributed by atoms with Gasteiger partial charge in [0.1, 0.15) is 11.4 Å². The SMILES string of the molecule is CCN(CCOC)C(=O)c1ccc(N2CC(F)(F)C2)c(OCC2CC2)n1. The van der Waals surface area contributed by atoms with E-state index in [2.05, 4.69) is 4.98 Å². The van der Waals surface area contributed by atoms with Crippen LogP contribution in [0.4, 0.5) is 14.5 Å². The smallest absolute Gasteiger partial charge is 0.282 e. The second-order valence-electron chi connectivity index (χ2n) is 6.86. The standard InChI is InChI=1S/C18H25F2N3O3/c1-3-22(8-9-25-2)17(24)14-6-7-15(23-11-18(19,20)12-23)16(21-14)26-10-13-4-5-13/h6-7,13H,3-5,8-12H2,1-2H3. The fourth-order valence-electron chi connectivity index (χ4n) is 2.83. The number of alkyl halides is 2. The quantitative estimate of drug-likeness (QED) is 0.669. The lowest BCUT2D eigenvalue weighted by Crippen LogP contribution is -2.56. The minimum atomic E-state index is -2.68. The van der Waals surface area contributed by atoms with E-state index in [9.17, 15) is 13.6 Å². The number of rotatable bonds is 9. The molecule has 3 rings (SSSR count). The van der Waals surface area contributed by atoms with Crippen LogP contribution in [0.5, 0.6) is 5.88 Å². The summed E-state index contributed by atoms with van der Waals surface area (Å²) in [6.45, 7) is 3.12. The molecule has 0 N–H and O–H groups in total. The second-order valence-corrected chi connectivity index (χ2v) is 6.86. The van der Waals surface area contributed by atoms with E-state index >= 15 is 0 Å². The zero-order valence-corrected chi connectivity index (χ0v) is 15.2. The minimum absolute atomic E-state index is 0.221. The van der Waals surface area contributed by atoms with Gasteiger partial charge in [-0.1, -0.05) is 0 Å². The van der Waals surface area contributed by atoms with Crippen LogP contribution in [0.2, 0.25) is 0 Å². The van der Waals surface area contributed by atoms with Crippen molar-refractivity contribution in [3.8, 4) is 5.88 Å².